The van der Waals surface area contributed by atoms with E-state index < -0.39 is 41.0 Å². The second-order valence-corrected chi connectivity index (χ2v) is 12.4. The molecule has 13 nitrogen and oxygen atoms in total. The minimum absolute atomic E-state index is 0. The van der Waals surface area contributed by atoms with Gasteiger partial charge in [0, 0.05) is 10.8 Å². The molecule has 250 valence electrons. The number of nitrogens with two attached hydrogens (primary N) is 1. The smallest absolute Gasteiger partial charge is 0.367 e. The number of nitrogens with one attached hydrogen (secondary N) is 1. The monoisotopic (exact) mass is 629 g/mol. The van der Waals surface area contributed by atoms with Gasteiger partial charge >= 0.3 is 18.9 Å². The van der Waals surface area contributed by atoms with Gasteiger partial charge in [-0.3, -0.25) is 24.5 Å². The molecular weight excluding hydrogens is 577 g/mol. The molecule has 1 aromatic carbocycles. The van der Waals surface area contributed by atoms with E-state index >= 15 is 0 Å². The third-order valence-corrected chi connectivity index (χ3v) is 6.33. The Labute approximate surface area is 279 Å². The molecule has 2 aromatic rings. The number of para-hydroxylation sites is 1. The van der Waals surface area contributed by atoms with Crippen LogP contribution in [0.1, 0.15) is 82.6 Å². The summed E-state index contributed by atoms with van der Waals surface area (Å²) in [5.74, 6) is -2.36. The van der Waals surface area contributed by atoms with Gasteiger partial charge in [0.2, 0.25) is 18.7 Å². The molecule has 3 amide bonds. The molecule has 0 radical (unpaired) electrons. The summed E-state index contributed by atoms with van der Waals surface area (Å²) in [6.45, 7) is 21.2. The average molecular weight is 630 g/mol. The maximum atomic E-state index is 11.6. The van der Waals surface area contributed by atoms with E-state index in [1.165, 1.54) is 11.1 Å². The number of ether oxygens (including phenoxy) is 4. The first kappa shape index (κ1) is 44.5. The van der Waals surface area contributed by atoms with Gasteiger partial charge in [-0.05, 0) is 39.8 Å². The third kappa shape index (κ3) is 14.1. The first-order valence-electron chi connectivity index (χ1n) is 14.1. The van der Waals surface area contributed by atoms with Gasteiger partial charge in [-0.1, -0.05) is 65.8 Å². The Hall–Kier alpha value is -2.66. The first-order chi connectivity index (χ1) is 19.9. The van der Waals surface area contributed by atoms with Crippen LogP contribution in [0.5, 0.6) is 0 Å². The summed E-state index contributed by atoms with van der Waals surface area (Å²) in [4.78, 5) is 43.2. The molecule has 3 heterocycles. The van der Waals surface area contributed by atoms with Crippen LogP contribution in [-0.4, -0.2) is 76.6 Å². The van der Waals surface area contributed by atoms with Crippen LogP contribution in [0.25, 0.3) is 11.0 Å². The Morgan fingerprint density at radius 2 is 1.44 bits per heavy atom. The second-order valence-electron chi connectivity index (χ2n) is 12.4. The van der Waals surface area contributed by atoms with Gasteiger partial charge in [0.1, 0.15) is 17.7 Å². The summed E-state index contributed by atoms with van der Waals surface area (Å²) in [7, 11) is 0. The molecule has 0 aliphatic carbocycles. The van der Waals surface area contributed by atoms with Crippen molar-refractivity contribution in [2.75, 3.05) is 13.2 Å². The van der Waals surface area contributed by atoms with E-state index in [2.05, 4.69) is 29.5 Å². The Morgan fingerprint density at radius 3 is 1.87 bits per heavy atom. The van der Waals surface area contributed by atoms with Crippen LogP contribution in [-0.2, 0) is 38.1 Å². The van der Waals surface area contributed by atoms with Crippen LogP contribution in [0.3, 0.4) is 0 Å². The van der Waals surface area contributed by atoms with Gasteiger partial charge < -0.3 is 31.6 Å². The molecule has 2 saturated heterocycles. The van der Waals surface area contributed by atoms with Gasteiger partial charge in [0.05, 0.1) is 18.7 Å². The predicted octanol–water partition coefficient (Wildman–Crippen LogP) is 0.816. The topological polar surface area (TPSA) is 174 Å². The van der Waals surface area contributed by atoms with Crippen LogP contribution < -0.4 is 29.9 Å². The van der Waals surface area contributed by atoms with Gasteiger partial charge in [-0.15, -0.1) is 5.10 Å². The quantitative estimate of drug-likeness (QED) is 0.274. The van der Waals surface area contributed by atoms with Gasteiger partial charge in [0.25, 0.3) is 5.91 Å². The van der Waals surface area contributed by atoms with Crippen LogP contribution in [0, 0.1) is 17.8 Å². The number of imide groups is 1. The zero-order chi connectivity index (χ0) is 33.1. The summed E-state index contributed by atoms with van der Waals surface area (Å²) in [6.07, 6.45) is 2.03. The van der Waals surface area contributed by atoms with Crippen LogP contribution >= 0.6 is 0 Å². The number of unbranched alkanes of at least 4 members (excludes halogenated alkanes) is 1. The van der Waals surface area contributed by atoms with Crippen molar-refractivity contribution in [3.63, 3.8) is 0 Å². The number of fused-ring (bicyclic) bond motifs is 1. The molecule has 2 aliphatic rings. The molecule has 3 N–H and O–H groups in total. The minimum Gasteiger partial charge on any atom is -0.367 e. The average Bonchev–Trinajstić information content (AvgIpc) is 3.36. The van der Waals surface area contributed by atoms with Crippen molar-refractivity contribution >= 4 is 35.7 Å². The molecule has 2 atom stereocenters. The molecule has 2 fully saturated rings. The molecule has 0 saturated carbocycles. The number of nitrogens with zero attached hydrogens (tertiary/aromatic N) is 3. The molecule has 1 aromatic heterocycles. The Bertz CT molecular complexity index is 1210. The number of carbonyl (C=O) groups excluding carboxylic acids is 4. The number of carbonyl (C=O) groups is 4. The number of hydrogen-bond acceptors (Lipinski definition) is 10. The fourth-order valence-corrected chi connectivity index (χ4v) is 3.78. The predicted molar refractivity (Wildman–Crippen MR) is 167 cm³/mol. The van der Waals surface area contributed by atoms with Gasteiger partial charge in [-0.2, -0.15) is 11.1 Å². The van der Waals surface area contributed by atoms with Crippen molar-refractivity contribution in [2.24, 2.45) is 16.6 Å². The zero-order valence-electron chi connectivity index (χ0n) is 27.8. The van der Waals surface area contributed by atoms with Crippen LogP contribution in [0.2, 0.25) is 0 Å². The molecule has 45 heavy (non-hydrogen) atoms. The van der Waals surface area contributed by atoms with E-state index in [-0.39, 0.29) is 31.7 Å². The fraction of sp³-hybridized carbons (Fsp3) is 0.645. The van der Waals surface area contributed by atoms with Gasteiger partial charge in [0.15, 0.2) is 11.6 Å². The van der Waals surface area contributed by atoms with E-state index in [4.69, 9.17) is 24.7 Å². The molecule has 0 bridgehead atoms. The first-order valence-corrected chi connectivity index (χ1v) is 14.1. The molecule has 14 heteroatoms. The van der Waals surface area contributed by atoms with Crippen molar-refractivity contribution in [3.05, 3.63) is 31.2 Å². The van der Waals surface area contributed by atoms with E-state index in [9.17, 15) is 19.2 Å². The van der Waals surface area contributed by atoms with E-state index in [0.717, 1.165) is 17.5 Å². The number of benzene rings is 1. The Kier molecular flexibility index (Phi) is 18.9. The normalized spacial score (nSPS) is 21.6. The Morgan fingerprint density at radius 1 is 0.978 bits per heavy atom. The molecule has 4 rings (SSSR count). The third-order valence-electron chi connectivity index (χ3n) is 6.33. The van der Waals surface area contributed by atoms with Crippen LogP contribution in [0.4, 0.5) is 0 Å². The summed E-state index contributed by atoms with van der Waals surface area (Å²) < 4.78 is 23.0. The summed E-state index contributed by atoms with van der Waals surface area (Å²) in [5, 5.41) is 9.49. The zero-order valence-corrected chi connectivity index (χ0v) is 27.8. The summed E-state index contributed by atoms with van der Waals surface area (Å²) in [5.41, 5.74) is 5.93. The van der Waals surface area contributed by atoms with E-state index in [1.54, 1.807) is 33.8 Å². The number of rotatable bonds is 5. The summed E-state index contributed by atoms with van der Waals surface area (Å²) in [6, 6.07) is 7.30. The fourth-order valence-electron chi connectivity index (χ4n) is 3.78. The maximum Gasteiger partial charge on any atom is 1.00 e. The molecule has 0 spiro atoms. The molecule has 2 aliphatic heterocycles. The van der Waals surface area contributed by atoms with Crippen molar-refractivity contribution in [2.45, 2.75) is 106 Å². The number of primary amides is 1. The van der Waals surface area contributed by atoms with E-state index in [0.29, 0.717) is 26.0 Å². The van der Waals surface area contributed by atoms with Gasteiger partial charge in [-0.25, -0.2) is 0 Å². The largest absolute Gasteiger partial charge is 1.00 e. The van der Waals surface area contributed by atoms with Crippen molar-refractivity contribution in [1.29, 1.82) is 0 Å². The second kappa shape index (κ2) is 19.1. The molecular formula is C31H52LiN5O8. The number of hydrogen-bond donors (Lipinski definition) is 2. The van der Waals surface area contributed by atoms with E-state index in [1.807, 2.05) is 45.9 Å². The summed E-state index contributed by atoms with van der Waals surface area (Å²) >= 11 is 0. The Balaban J connectivity index is 0. The van der Waals surface area contributed by atoms with Crippen molar-refractivity contribution in [1.82, 2.24) is 20.3 Å². The van der Waals surface area contributed by atoms with Crippen LogP contribution in [0.15, 0.2) is 24.3 Å². The molecule has 0 unspecified atom stereocenters. The van der Waals surface area contributed by atoms with Crippen molar-refractivity contribution < 1.29 is 57.0 Å². The minimum atomic E-state index is -0.791. The number of amides is 3. The number of aromatic nitrogens is 3. The maximum absolute atomic E-state index is 11.6. The standard InChI is InChI=1S/C10H17NO4.C9H17NO3.C7H5N3O.C4H9.CH4.Li/c1-9(2)5-14-10(3,4)15-7(9)8(13)11-6-12;1-8(2)5-12-9(3,4)13-6(8)7(10)11;11-5-10-7-4-2-1-3-6(7)8-9-10;1-3-4-2;;/h6-7H,5H2,1-4H3,(H,11,12,13);6H,5H2,1-4H3,(H2,10,11);1-5H;1,3-4H2,2H3;1H4;/q;;;-1;;+1/t7-;6-;;;;/m00..../s1. The van der Waals surface area contributed by atoms with Crippen molar-refractivity contribution in [3.8, 4) is 0 Å². The SMILES string of the molecule is C.CC1(C)OCC(C)(C)[C@H](C(=O)NC=O)O1.CC1(C)OCC(C)(C)[C@H](C(N)=O)O1.O=Cn1nnc2ccccc21.[CH2-]CCC.[Li+].